The smallest absolute Gasteiger partial charge is 0.0721 e. The van der Waals surface area contributed by atoms with Crippen LogP contribution in [0.5, 0.6) is 0 Å². The van der Waals surface area contributed by atoms with E-state index in [4.69, 9.17) is 4.98 Å². The van der Waals surface area contributed by atoms with Crippen LogP contribution in [0.3, 0.4) is 0 Å². The number of nitrogens with one attached hydrogen (secondary N) is 1. The summed E-state index contributed by atoms with van der Waals surface area (Å²) in [6.45, 7) is 2.29. The Morgan fingerprint density at radius 2 is 2.15 bits per heavy atom. The molecule has 1 saturated heterocycles. The predicted octanol–water partition coefficient (Wildman–Crippen LogP) is 3.74. The molecule has 2 aliphatic rings. The number of nitrogens with zero attached hydrogens (tertiary/aromatic N) is 2. The maximum atomic E-state index is 4.73. The van der Waals surface area contributed by atoms with Gasteiger partial charge in [-0.25, -0.2) is 0 Å². The zero-order chi connectivity index (χ0) is 14.1. The number of rotatable bonds is 4. The SMILES string of the molecule is CNCC1CCCN(C2CC2)C1c1ncc(Br)cc1Br. The fourth-order valence-corrected chi connectivity index (χ4v) is 4.64. The summed E-state index contributed by atoms with van der Waals surface area (Å²) in [5.41, 5.74) is 1.21. The number of halogens is 2. The Balaban J connectivity index is 1.93. The van der Waals surface area contributed by atoms with Gasteiger partial charge in [-0.05, 0) is 89.7 Å². The van der Waals surface area contributed by atoms with Crippen LogP contribution in [0.15, 0.2) is 21.2 Å². The van der Waals surface area contributed by atoms with Gasteiger partial charge in [-0.1, -0.05) is 0 Å². The van der Waals surface area contributed by atoms with E-state index in [0.29, 0.717) is 12.0 Å². The van der Waals surface area contributed by atoms with E-state index in [-0.39, 0.29) is 0 Å². The molecule has 2 atom stereocenters. The quantitative estimate of drug-likeness (QED) is 0.831. The first-order valence-electron chi connectivity index (χ1n) is 7.42. The van der Waals surface area contributed by atoms with Crippen molar-refractivity contribution in [2.45, 2.75) is 37.8 Å². The molecule has 1 N–H and O–H groups in total. The second-order valence-electron chi connectivity index (χ2n) is 5.89. The second-order valence-corrected chi connectivity index (χ2v) is 7.66. The average Bonchev–Trinajstić information content (AvgIpc) is 3.24. The highest BCUT2D eigenvalue weighted by Gasteiger charge is 2.41. The number of aromatic nitrogens is 1. The summed E-state index contributed by atoms with van der Waals surface area (Å²) >= 11 is 7.22. The maximum Gasteiger partial charge on any atom is 0.0721 e. The Morgan fingerprint density at radius 3 is 2.80 bits per heavy atom. The summed E-state index contributed by atoms with van der Waals surface area (Å²) in [4.78, 5) is 7.43. The molecule has 0 spiro atoms. The molecule has 5 heteroatoms. The molecule has 1 aliphatic heterocycles. The van der Waals surface area contributed by atoms with Crippen LogP contribution < -0.4 is 5.32 Å². The van der Waals surface area contributed by atoms with Crippen molar-refractivity contribution in [3.8, 4) is 0 Å². The highest BCUT2D eigenvalue weighted by Crippen LogP contribution is 2.44. The molecule has 1 saturated carbocycles. The maximum absolute atomic E-state index is 4.73. The van der Waals surface area contributed by atoms with Crippen molar-refractivity contribution in [3.05, 3.63) is 26.9 Å². The minimum absolute atomic E-state index is 0.450. The number of pyridine rings is 1. The van der Waals surface area contributed by atoms with E-state index in [1.54, 1.807) is 0 Å². The number of hydrogen-bond donors (Lipinski definition) is 1. The summed E-state index contributed by atoms with van der Waals surface area (Å²) in [5, 5.41) is 3.37. The fourth-order valence-electron chi connectivity index (χ4n) is 3.42. The van der Waals surface area contributed by atoms with Crippen LogP contribution in [0.4, 0.5) is 0 Å². The average molecular weight is 403 g/mol. The predicted molar refractivity (Wildman–Crippen MR) is 88.8 cm³/mol. The molecule has 2 unspecified atom stereocenters. The van der Waals surface area contributed by atoms with Gasteiger partial charge in [0.1, 0.15) is 0 Å². The molecular formula is C15H21Br2N3. The molecule has 110 valence electrons. The van der Waals surface area contributed by atoms with Crippen molar-refractivity contribution >= 4 is 31.9 Å². The number of likely N-dealkylation sites (tertiary alicyclic amines) is 1. The lowest BCUT2D eigenvalue weighted by Crippen LogP contribution is -2.43. The summed E-state index contributed by atoms with van der Waals surface area (Å²) in [5.74, 6) is 0.652. The van der Waals surface area contributed by atoms with E-state index in [1.165, 1.54) is 37.9 Å². The number of piperidine rings is 1. The van der Waals surface area contributed by atoms with Crippen LogP contribution in [0.1, 0.15) is 37.4 Å². The van der Waals surface area contributed by atoms with Crippen molar-refractivity contribution in [3.63, 3.8) is 0 Å². The van der Waals surface area contributed by atoms with Crippen molar-refractivity contribution in [1.82, 2.24) is 15.2 Å². The minimum Gasteiger partial charge on any atom is -0.319 e. The van der Waals surface area contributed by atoms with Gasteiger partial charge in [-0.15, -0.1) is 0 Å². The Morgan fingerprint density at radius 1 is 1.35 bits per heavy atom. The third-order valence-electron chi connectivity index (χ3n) is 4.39. The zero-order valence-corrected chi connectivity index (χ0v) is 15.0. The van der Waals surface area contributed by atoms with Gasteiger partial charge in [0, 0.05) is 21.2 Å². The third-order valence-corrected chi connectivity index (χ3v) is 5.46. The van der Waals surface area contributed by atoms with Gasteiger partial charge in [0.15, 0.2) is 0 Å². The zero-order valence-electron chi connectivity index (χ0n) is 11.8. The Kier molecular flexibility index (Phi) is 4.80. The van der Waals surface area contributed by atoms with Gasteiger partial charge < -0.3 is 5.32 Å². The highest BCUT2D eigenvalue weighted by molar-refractivity contribution is 9.11. The van der Waals surface area contributed by atoms with Crippen LogP contribution in [0.25, 0.3) is 0 Å². The lowest BCUT2D eigenvalue weighted by molar-refractivity contribution is 0.0810. The monoisotopic (exact) mass is 401 g/mol. The van der Waals surface area contributed by atoms with Gasteiger partial charge in [-0.2, -0.15) is 0 Å². The minimum atomic E-state index is 0.450. The molecule has 2 heterocycles. The van der Waals surface area contributed by atoms with E-state index >= 15 is 0 Å². The van der Waals surface area contributed by atoms with Crippen molar-refractivity contribution in [1.29, 1.82) is 0 Å². The van der Waals surface area contributed by atoms with Crippen molar-refractivity contribution in [2.24, 2.45) is 5.92 Å². The molecule has 1 aromatic rings. The van der Waals surface area contributed by atoms with Gasteiger partial charge in [-0.3, -0.25) is 9.88 Å². The Bertz CT molecular complexity index is 474. The Hall–Kier alpha value is 0.0300. The molecule has 3 rings (SSSR count). The van der Waals surface area contributed by atoms with E-state index < -0.39 is 0 Å². The molecule has 0 aromatic carbocycles. The number of hydrogen-bond acceptors (Lipinski definition) is 3. The van der Waals surface area contributed by atoms with E-state index in [1.807, 2.05) is 6.20 Å². The standard InChI is InChI=1S/C15H21Br2N3/c1-18-8-10-3-2-6-20(12-4-5-12)15(10)14-13(17)7-11(16)9-19-14/h7,9-10,12,15,18H,2-6,8H2,1H3. The summed E-state index contributed by atoms with van der Waals surface area (Å²) in [6, 6.07) is 3.36. The molecule has 0 amide bonds. The molecule has 3 nitrogen and oxygen atoms in total. The topological polar surface area (TPSA) is 28.2 Å². The summed E-state index contributed by atoms with van der Waals surface area (Å²) < 4.78 is 2.16. The normalized spacial score (nSPS) is 27.8. The van der Waals surface area contributed by atoms with Gasteiger partial charge in [0.25, 0.3) is 0 Å². The molecule has 2 fully saturated rings. The Labute approximate surface area is 137 Å². The van der Waals surface area contributed by atoms with E-state index in [9.17, 15) is 0 Å². The first-order chi connectivity index (χ1) is 9.70. The van der Waals surface area contributed by atoms with Crippen LogP contribution in [0, 0.1) is 5.92 Å². The van der Waals surface area contributed by atoms with Crippen LogP contribution in [-0.4, -0.2) is 36.1 Å². The molecule has 0 radical (unpaired) electrons. The van der Waals surface area contributed by atoms with Gasteiger partial charge >= 0.3 is 0 Å². The molecule has 1 aromatic heterocycles. The van der Waals surface area contributed by atoms with Gasteiger partial charge in [0.2, 0.25) is 0 Å². The van der Waals surface area contributed by atoms with Crippen LogP contribution in [-0.2, 0) is 0 Å². The summed E-state index contributed by atoms with van der Waals surface area (Å²) in [7, 11) is 2.05. The third kappa shape index (κ3) is 3.11. The molecule has 1 aliphatic carbocycles. The fraction of sp³-hybridized carbons (Fsp3) is 0.667. The van der Waals surface area contributed by atoms with Crippen LogP contribution in [0.2, 0.25) is 0 Å². The molecule has 0 bridgehead atoms. The summed E-state index contributed by atoms with van der Waals surface area (Å²) in [6.07, 6.45) is 7.25. The van der Waals surface area contributed by atoms with Crippen molar-refractivity contribution in [2.75, 3.05) is 20.1 Å². The molecular weight excluding hydrogens is 382 g/mol. The van der Waals surface area contributed by atoms with E-state index in [0.717, 1.165) is 21.5 Å². The van der Waals surface area contributed by atoms with E-state index in [2.05, 4.69) is 55.2 Å². The van der Waals surface area contributed by atoms with Gasteiger partial charge in [0.05, 0.1) is 11.7 Å². The highest BCUT2D eigenvalue weighted by atomic mass is 79.9. The lowest BCUT2D eigenvalue weighted by Gasteiger charge is -2.41. The largest absolute Gasteiger partial charge is 0.319 e. The lowest BCUT2D eigenvalue weighted by atomic mass is 9.86. The van der Waals surface area contributed by atoms with Crippen LogP contribution >= 0.6 is 31.9 Å². The molecule has 20 heavy (non-hydrogen) atoms. The first kappa shape index (κ1) is 14.9. The first-order valence-corrected chi connectivity index (χ1v) is 9.00. The second kappa shape index (κ2) is 6.42. The van der Waals surface area contributed by atoms with Crippen molar-refractivity contribution < 1.29 is 0 Å².